The van der Waals surface area contributed by atoms with E-state index in [1.54, 1.807) is 0 Å². The molecule has 2 heteroatoms. The van der Waals surface area contributed by atoms with Crippen LogP contribution in [0.4, 0.5) is 0 Å². The quantitative estimate of drug-likeness (QED) is 0.541. The van der Waals surface area contributed by atoms with Crippen molar-refractivity contribution in [1.82, 2.24) is 0 Å². The molecule has 1 heterocycles. The standard InChI is InChI=1S/C11H24N2/c12-8-4-1-2-5-9-13-10-6-3-7-11-13/h1-12H2/p+2. The lowest BCUT2D eigenvalue weighted by molar-refractivity contribution is -0.905. The number of likely N-dealkylation sites (tertiary alicyclic amines) is 1. The van der Waals surface area contributed by atoms with E-state index < -0.39 is 0 Å². The molecule has 0 aromatic heterocycles. The smallest absolute Gasteiger partial charge is 0.0770 e. The third-order valence-electron chi connectivity index (χ3n) is 3.09. The van der Waals surface area contributed by atoms with E-state index in [1.807, 2.05) is 4.90 Å². The van der Waals surface area contributed by atoms with Crippen molar-refractivity contribution >= 4 is 0 Å². The highest BCUT2D eigenvalue weighted by Gasteiger charge is 2.11. The molecule has 0 aliphatic carbocycles. The van der Waals surface area contributed by atoms with Gasteiger partial charge in [-0.2, -0.15) is 0 Å². The van der Waals surface area contributed by atoms with E-state index in [2.05, 4.69) is 5.73 Å². The molecule has 0 aromatic carbocycles. The summed E-state index contributed by atoms with van der Waals surface area (Å²) >= 11 is 0. The molecule has 0 bridgehead atoms. The predicted octanol–water partition coefficient (Wildman–Crippen LogP) is -0.142. The molecule has 2 nitrogen and oxygen atoms in total. The average molecular weight is 186 g/mol. The molecule has 0 unspecified atom stereocenters. The fourth-order valence-corrected chi connectivity index (χ4v) is 2.21. The topological polar surface area (TPSA) is 32.1 Å². The molecule has 0 atom stereocenters. The summed E-state index contributed by atoms with van der Waals surface area (Å²) < 4.78 is 0. The first-order valence-corrected chi connectivity index (χ1v) is 6.06. The Balaban J connectivity index is 1.86. The zero-order valence-corrected chi connectivity index (χ0v) is 8.99. The van der Waals surface area contributed by atoms with E-state index in [9.17, 15) is 0 Å². The summed E-state index contributed by atoms with van der Waals surface area (Å²) in [6, 6.07) is 0. The summed E-state index contributed by atoms with van der Waals surface area (Å²) in [7, 11) is 0. The van der Waals surface area contributed by atoms with E-state index in [0.717, 1.165) is 6.54 Å². The summed E-state index contributed by atoms with van der Waals surface area (Å²) in [6.07, 6.45) is 10.0. The number of hydrogen-bond donors (Lipinski definition) is 2. The maximum Gasteiger partial charge on any atom is 0.0770 e. The number of piperidine rings is 1. The van der Waals surface area contributed by atoms with E-state index in [1.165, 1.54) is 64.6 Å². The van der Waals surface area contributed by atoms with Gasteiger partial charge in [0, 0.05) is 0 Å². The van der Waals surface area contributed by atoms with E-state index in [-0.39, 0.29) is 0 Å². The fraction of sp³-hybridized carbons (Fsp3) is 1.00. The van der Waals surface area contributed by atoms with Crippen LogP contribution in [0.5, 0.6) is 0 Å². The molecule has 0 radical (unpaired) electrons. The molecule has 0 saturated carbocycles. The van der Waals surface area contributed by atoms with Crippen LogP contribution in [0.2, 0.25) is 0 Å². The molecule has 1 aliphatic rings. The number of quaternary nitrogens is 2. The first-order valence-electron chi connectivity index (χ1n) is 6.06. The van der Waals surface area contributed by atoms with Gasteiger partial charge in [-0.1, -0.05) is 0 Å². The van der Waals surface area contributed by atoms with Gasteiger partial charge in [0.2, 0.25) is 0 Å². The van der Waals surface area contributed by atoms with Crippen molar-refractivity contribution in [3.63, 3.8) is 0 Å². The van der Waals surface area contributed by atoms with Gasteiger partial charge in [0.25, 0.3) is 0 Å². The summed E-state index contributed by atoms with van der Waals surface area (Å²) in [4.78, 5) is 1.86. The van der Waals surface area contributed by atoms with Gasteiger partial charge in [0.15, 0.2) is 0 Å². The highest BCUT2D eigenvalue weighted by Crippen LogP contribution is 1.98. The Morgan fingerprint density at radius 2 is 1.54 bits per heavy atom. The molecular formula is C11H26N2+2. The molecule has 0 amide bonds. The monoisotopic (exact) mass is 186 g/mol. The Morgan fingerprint density at radius 1 is 0.846 bits per heavy atom. The minimum absolute atomic E-state index is 1.12. The van der Waals surface area contributed by atoms with Gasteiger partial charge in [-0.15, -0.1) is 0 Å². The van der Waals surface area contributed by atoms with Crippen LogP contribution in [-0.2, 0) is 0 Å². The van der Waals surface area contributed by atoms with Crippen LogP contribution in [0.15, 0.2) is 0 Å². The second-order valence-electron chi connectivity index (χ2n) is 4.33. The first kappa shape index (κ1) is 11.0. The first-order chi connectivity index (χ1) is 6.43. The summed E-state index contributed by atoms with van der Waals surface area (Å²) in [5.41, 5.74) is 3.87. The fourth-order valence-electron chi connectivity index (χ4n) is 2.21. The van der Waals surface area contributed by atoms with Crippen LogP contribution in [0, 0.1) is 0 Å². The second-order valence-corrected chi connectivity index (χ2v) is 4.33. The zero-order chi connectivity index (χ0) is 9.36. The van der Waals surface area contributed by atoms with Crippen molar-refractivity contribution in [1.29, 1.82) is 0 Å². The lowest BCUT2D eigenvalue weighted by Crippen LogP contribution is -3.12. The lowest BCUT2D eigenvalue weighted by Gasteiger charge is -2.23. The Hall–Kier alpha value is -0.0800. The summed E-state index contributed by atoms with van der Waals surface area (Å²) in [5, 5.41) is 0. The summed E-state index contributed by atoms with van der Waals surface area (Å²) in [5.74, 6) is 0. The highest BCUT2D eigenvalue weighted by atomic mass is 15.1. The minimum atomic E-state index is 1.12. The van der Waals surface area contributed by atoms with Gasteiger partial charge < -0.3 is 10.6 Å². The van der Waals surface area contributed by atoms with E-state index in [4.69, 9.17) is 0 Å². The van der Waals surface area contributed by atoms with Gasteiger partial charge in [-0.05, 0) is 44.9 Å². The third kappa shape index (κ3) is 5.27. The van der Waals surface area contributed by atoms with Crippen molar-refractivity contribution in [2.24, 2.45) is 0 Å². The largest absolute Gasteiger partial charge is 0.358 e. The molecule has 1 aliphatic heterocycles. The van der Waals surface area contributed by atoms with Crippen LogP contribution >= 0.6 is 0 Å². The molecule has 4 N–H and O–H groups in total. The lowest BCUT2D eigenvalue weighted by atomic mass is 10.1. The summed E-state index contributed by atoms with van der Waals surface area (Å²) in [6.45, 7) is 5.43. The number of hydrogen-bond acceptors (Lipinski definition) is 0. The van der Waals surface area contributed by atoms with Crippen LogP contribution in [-0.4, -0.2) is 26.2 Å². The normalized spacial score (nSPS) is 19.2. The van der Waals surface area contributed by atoms with Gasteiger partial charge in [-0.3, -0.25) is 0 Å². The Labute approximate surface area is 82.5 Å². The zero-order valence-electron chi connectivity index (χ0n) is 8.99. The van der Waals surface area contributed by atoms with Crippen molar-refractivity contribution in [2.75, 3.05) is 26.2 Å². The molecule has 0 spiro atoms. The molecule has 1 rings (SSSR count). The molecule has 13 heavy (non-hydrogen) atoms. The predicted molar refractivity (Wildman–Crippen MR) is 55.6 cm³/mol. The highest BCUT2D eigenvalue weighted by molar-refractivity contribution is 4.47. The van der Waals surface area contributed by atoms with Crippen molar-refractivity contribution < 1.29 is 10.6 Å². The Kier molecular flexibility index (Phi) is 6.21. The number of nitrogens with one attached hydrogen (secondary N) is 1. The van der Waals surface area contributed by atoms with Crippen molar-refractivity contribution in [3.05, 3.63) is 0 Å². The average Bonchev–Trinajstić information content (AvgIpc) is 2.19. The van der Waals surface area contributed by atoms with Gasteiger partial charge >= 0.3 is 0 Å². The van der Waals surface area contributed by atoms with Gasteiger partial charge in [-0.25, -0.2) is 0 Å². The molecule has 0 aromatic rings. The Bertz CT molecular complexity index is 109. The number of rotatable bonds is 6. The van der Waals surface area contributed by atoms with Crippen LogP contribution in [0.25, 0.3) is 0 Å². The van der Waals surface area contributed by atoms with Crippen molar-refractivity contribution in [2.45, 2.75) is 44.9 Å². The molecule has 78 valence electrons. The van der Waals surface area contributed by atoms with Crippen LogP contribution in [0.1, 0.15) is 44.9 Å². The molecule has 1 fully saturated rings. The van der Waals surface area contributed by atoms with Crippen LogP contribution < -0.4 is 10.6 Å². The third-order valence-corrected chi connectivity index (χ3v) is 3.09. The minimum Gasteiger partial charge on any atom is -0.358 e. The number of unbranched alkanes of at least 4 members (excludes halogenated alkanes) is 3. The van der Waals surface area contributed by atoms with Crippen molar-refractivity contribution in [3.8, 4) is 0 Å². The molecule has 1 saturated heterocycles. The maximum absolute atomic E-state index is 3.87. The molecular weight excluding hydrogens is 160 g/mol. The maximum atomic E-state index is 3.87. The second kappa shape index (κ2) is 7.34. The van der Waals surface area contributed by atoms with Gasteiger partial charge in [0.1, 0.15) is 0 Å². The van der Waals surface area contributed by atoms with E-state index in [0.29, 0.717) is 0 Å². The van der Waals surface area contributed by atoms with Crippen LogP contribution in [0.3, 0.4) is 0 Å². The SMILES string of the molecule is [NH3+]CCCCCC[NH+]1CCCCC1. The van der Waals surface area contributed by atoms with Gasteiger partial charge in [0.05, 0.1) is 26.2 Å². The Morgan fingerprint density at radius 3 is 2.23 bits per heavy atom. The van der Waals surface area contributed by atoms with E-state index >= 15 is 0 Å².